The van der Waals surface area contributed by atoms with Crippen LogP contribution in [0.5, 0.6) is 17.2 Å². The smallest absolute Gasteiger partial charge is 0.486 e. The highest BCUT2D eigenvalue weighted by atomic mass is 35.5. The molecule has 1 fully saturated rings. The summed E-state index contributed by atoms with van der Waals surface area (Å²) in [5, 5.41) is 13.0. The molecule has 0 spiro atoms. The number of H-pyrrole nitrogens is 3. The molecule has 706 valence electrons. The van der Waals surface area contributed by atoms with Gasteiger partial charge < -0.3 is 67.7 Å². The maximum absolute atomic E-state index is 13.7. The van der Waals surface area contributed by atoms with E-state index in [1.165, 1.54) is 120 Å². The Labute approximate surface area is 799 Å². The number of aromatic amines is 3. The molecule has 22 rings (SSSR count). The van der Waals surface area contributed by atoms with Crippen LogP contribution in [0.3, 0.4) is 0 Å². The van der Waals surface area contributed by atoms with Crippen LogP contribution in [0.15, 0.2) is 232 Å². The number of sulfonamides is 3. The summed E-state index contributed by atoms with van der Waals surface area (Å²) in [6.07, 6.45) is 3.30. The molecular weight excluding hydrogens is 1860 g/mol. The van der Waals surface area contributed by atoms with Gasteiger partial charge in [-0.2, -0.15) is 0 Å². The number of carbonyl (C=O) groups excluding carboxylic acids is 3. The summed E-state index contributed by atoms with van der Waals surface area (Å²) in [6.45, 7) is 8.92. The van der Waals surface area contributed by atoms with Gasteiger partial charge >= 0.3 is 7.12 Å². The van der Waals surface area contributed by atoms with Crippen molar-refractivity contribution in [3.05, 3.63) is 274 Å². The van der Waals surface area contributed by atoms with Crippen LogP contribution in [-0.2, 0) is 59.2 Å². The third kappa shape index (κ3) is 17.0. The fourth-order valence-electron chi connectivity index (χ4n) is 17.4. The Balaban J connectivity index is 0.000000122. The molecule has 3 amide bonds. The van der Waals surface area contributed by atoms with E-state index in [4.69, 9.17) is 58.3 Å². The van der Waals surface area contributed by atoms with Crippen molar-refractivity contribution in [3.63, 3.8) is 0 Å². The highest BCUT2D eigenvalue weighted by molar-refractivity contribution is 7.92. The number of fused-ring (bicyclic) bond motifs is 18. The predicted octanol–water partition coefficient (Wildman–Crippen LogP) is 19.3. The lowest BCUT2D eigenvalue weighted by molar-refractivity contribution is 0.00578. The lowest BCUT2D eigenvalue weighted by Gasteiger charge is -2.32. The molecule has 4 aliphatic rings. The van der Waals surface area contributed by atoms with E-state index in [-0.39, 0.29) is 50.7 Å². The molecule has 6 N–H and O–H groups in total. The summed E-state index contributed by atoms with van der Waals surface area (Å²) in [4.78, 5) is 64.0. The molecule has 9 aromatic heterocycles. The average Bonchev–Trinajstić information content (AvgIpc) is 1.71. The number of anilines is 3. The zero-order valence-corrected chi connectivity index (χ0v) is 80.0. The van der Waals surface area contributed by atoms with Crippen LogP contribution in [0.1, 0.15) is 75.5 Å². The van der Waals surface area contributed by atoms with Crippen LogP contribution in [0.2, 0.25) is 5.15 Å². The zero-order chi connectivity index (χ0) is 98.1. The molecule has 37 heteroatoms. The Kier molecular flexibility index (Phi) is 23.7. The number of ether oxygens (including phenoxy) is 3. The minimum atomic E-state index is -3.71. The van der Waals surface area contributed by atoms with Crippen molar-refractivity contribution >= 4 is 155 Å². The number of nitrogens with one attached hydrogen (secondary N) is 6. The molecular formula is C102H87BClF3N12O17S3. The SMILES string of the molecule is CNC(=O)c1c(-c2ccc(F)cc2)oc2cc(N(C)S(C)(=O)=O)c(-c3ccc4c(n3)-c3[nH]c5ccccc5c3CO4)cc12.CNC(=O)c1c(-c2ccc(F)cc2)oc2cc(N(C)S(C)(=O)=O)c(-c3ccc4c(n3)-c3[nH]c5ccccc5c3CO4)cc12.CNC(=O)c1c(-c2ccc(F)cc2)oc2cc(N(C)S(C)(=O)=O)c(B3OC(C)(C)C(C)(C)O3)cc12.Clc1ccc2c(n1)-c1[nH]c3ccccc3c1CO2. The third-order valence-corrected chi connectivity index (χ3v) is 29.3. The van der Waals surface area contributed by atoms with E-state index in [0.29, 0.717) is 126 Å². The number of hydrogen-bond acceptors (Lipinski definition) is 20. The number of hydrogen-bond donors (Lipinski definition) is 6. The number of halogens is 4. The summed E-state index contributed by atoms with van der Waals surface area (Å²) in [6, 6.07) is 61.3. The lowest BCUT2D eigenvalue weighted by atomic mass is 9.77. The number of para-hydroxylation sites is 3. The van der Waals surface area contributed by atoms with Gasteiger partial charge in [0.05, 0.1) is 92.2 Å². The van der Waals surface area contributed by atoms with E-state index in [9.17, 15) is 52.8 Å². The van der Waals surface area contributed by atoms with Gasteiger partial charge in [0.2, 0.25) is 30.1 Å². The Bertz CT molecular complexity index is 8150. The quantitative estimate of drug-likeness (QED) is 0.0410. The molecule has 1 saturated heterocycles. The molecule has 18 aromatic rings. The van der Waals surface area contributed by atoms with Gasteiger partial charge in [0.1, 0.15) is 111 Å². The summed E-state index contributed by atoms with van der Waals surface area (Å²) in [5.74, 6) is 0.135. The van der Waals surface area contributed by atoms with E-state index in [2.05, 4.69) is 48.0 Å². The molecule has 139 heavy (non-hydrogen) atoms. The Hall–Kier alpha value is -15.2. The molecule has 0 bridgehead atoms. The van der Waals surface area contributed by atoms with E-state index in [1.54, 1.807) is 66.7 Å². The third-order valence-electron chi connectivity index (χ3n) is 25.5. The minimum Gasteiger partial charge on any atom is -0.486 e. The fraction of sp³-hybridized carbons (Fsp3) is 0.176. The summed E-state index contributed by atoms with van der Waals surface area (Å²) < 4.78 is 169. The van der Waals surface area contributed by atoms with Crippen molar-refractivity contribution < 1.29 is 89.6 Å². The Morgan fingerprint density at radius 2 is 0.698 bits per heavy atom. The molecule has 9 aromatic carbocycles. The number of pyridine rings is 3. The maximum Gasteiger partial charge on any atom is 0.497 e. The summed E-state index contributed by atoms with van der Waals surface area (Å²) >= 11 is 5.96. The van der Waals surface area contributed by atoms with Crippen LogP contribution >= 0.6 is 11.6 Å². The first-order valence-corrected chi connectivity index (χ1v) is 49.5. The van der Waals surface area contributed by atoms with Crippen molar-refractivity contribution in [2.75, 3.05) is 74.0 Å². The predicted molar refractivity (Wildman–Crippen MR) is 531 cm³/mol. The van der Waals surface area contributed by atoms with E-state index in [1.807, 2.05) is 94.4 Å². The number of rotatable bonds is 15. The molecule has 29 nitrogen and oxygen atoms in total. The van der Waals surface area contributed by atoms with Gasteiger partial charge in [-0.3, -0.25) is 27.3 Å². The van der Waals surface area contributed by atoms with Crippen molar-refractivity contribution in [2.45, 2.75) is 58.7 Å². The highest BCUT2D eigenvalue weighted by Crippen LogP contribution is 2.50. The Morgan fingerprint density at radius 3 is 1.03 bits per heavy atom. The second-order valence-corrected chi connectivity index (χ2v) is 41.0. The molecule has 4 aliphatic heterocycles. The van der Waals surface area contributed by atoms with Crippen molar-refractivity contribution in [3.8, 4) is 108 Å². The van der Waals surface area contributed by atoms with Crippen molar-refractivity contribution in [1.29, 1.82) is 0 Å². The number of aromatic nitrogens is 6. The first kappa shape index (κ1) is 92.8. The lowest BCUT2D eigenvalue weighted by Crippen LogP contribution is -2.41. The number of amides is 3. The van der Waals surface area contributed by atoms with Gasteiger partial charge in [-0.25, -0.2) is 53.4 Å². The zero-order valence-electron chi connectivity index (χ0n) is 76.8. The normalized spacial score (nSPS) is 13.7. The standard InChI is InChI=1S/2C32H25FN4O5S.C24H28BFN2O6S.C14H9ClN2O/c2*1-34-32(38)28-21-14-20(24-12-13-26-30(36-24)29-22(16-41-26)19-6-4-5-7-23(19)35-29)25(37(2)43(3,39)40)15-27(21)42-31(28)17-8-10-18(33)11-9-17;1-23(2)24(3,4)34-25(33-23)17-12-16-19(13-18(17)28(6)35(7,30)31)32-21(20(16)22(29)27-5)14-8-10-15(26)11-9-14;15-12-6-5-11-14(17-12)13-9(7-18-11)8-3-1-2-4-10(8)16-13/h2*4-15,35H,16H2,1-3H3,(H,34,38);8-13H,1-7H3,(H,27,29);1-6,16H,7H2. The van der Waals surface area contributed by atoms with E-state index in [0.717, 1.165) is 104 Å². The molecule has 0 atom stereocenters. The first-order chi connectivity index (χ1) is 66.3. The summed E-state index contributed by atoms with van der Waals surface area (Å²) in [7, 11) is -3.15. The van der Waals surface area contributed by atoms with Crippen molar-refractivity contribution in [1.82, 2.24) is 45.9 Å². The highest BCUT2D eigenvalue weighted by Gasteiger charge is 2.53. The van der Waals surface area contributed by atoms with Crippen molar-refractivity contribution in [2.24, 2.45) is 0 Å². The fourth-order valence-corrected chi connectivity index (χ4v) is 19.1. The number of furan rings is 3. The number of nitrogens with zero attached hydrogens (tertiary/aromatic N) is 6. The van der Waals surface area contributed by atoms with Crippen LogP contribution in [0, 0.1) is 17.5 Å². The van der Waals surface area contributed by atoms with Gasteiger partial charge in [-0.15, -0.1) is 0 Å². The molecule has 0 aliphatic carbocycles. The topological polar surface area (TPSA) is 371 Å². The monoisotopic (exact) mass is 1950 g/mol. The van der Waals surface area contributed by atoms with Gasteiger partial charge in [0.15, 0.2) is 0 Å². The summed E-state index contributed by atoms with van der Waals surface area (Å²) in [5.41, 5.74) is 15.7. The first-order valence-electron chi connectivity index (χ1n) is 43.6. The number of carbonyl (C=O) groups is 3. The van der Waals surface area contributed by atoms with Gasteiger partial charge in [-0.1, -0.05) is 66.2 Å². The minimum absolute atomic E-state index is 0.231. The van der Waals surface area contributed by atoms with Gasteiger partial charge in [0, 0.05) is 159 Å². The second-order valence-electron chi connectivity index (χ2n) is 34.6. The van der Waals surface area contributed by atoms with Crippen LogP contribution in [0.4, 0.5) is 30.2 Å². The average molecular weight is 1950 g/mol. The van der Waals surface area contributed by atoms with Crippen LogP contribution < -0.4 is 48.5 Å². The number of benzene rings is 9. The Morgan fingerprint density at radius 1 is 0.396 bits per heavy atom. The van der Waals surface area contributed by atoms with Gasteiger partial charge in [-0.05, 0) is 173 Å². The molecule has 0 saturated carbocycles. The molecule has 0 unspecified atom stereocenters. The van der Waals surface area contributed by atoms with Crippen LogP contribution in [-0.4, -0.2) is 152 Å². The van der Waals surface area contributed by atoms with E-state index < -0.39 is 83.6 Å². The van der Waals surface area contributed by atoms with Gasteiger partial charge in [0.25, 0.3) is 17.7 Å². The second kappa shape index (κ2) is 35.4. The molecule has 13 heterocycles. The van der Waals surface area contributed by atoms with E-state index >= 15 is 0 Å². The molecule has 0 radical (unpaired) electrons. The largest absolute Gasteiger partial charge is 0.497 e. The van der Waals surface area contributed by atoms with Crippen LogP contribution in [0.25, 0.3) is 156 Å². The maximum atomic E-state index is 13.7.